The third kappa shape index (κ3) is 4.39. The largest absolute Gasteiger partial charge is 0.393 e. The van der Waals surface area contributed by atoms with Gasteiger partial charge in [-0.2, -0.15) is 5.10 Å². The van der Waals surface area contributed by atoms with Crippen LogP contribution in [0.2, 0.25) is 0 Å². The van der Waals surface area contributed by atoms with E-state index in [1.54, 1.807) is 29.9 Å². The van der Waals surface area contributed by atoms with Crippen LogP contribution in [0.4, 0.5) is 0 Å². The Morgan fingerprint density at radius 2 is 2.38 bits per heavy atom. The van der Waals surface area contributed by atoms with Crippen LogP contribution in [0.3, 0.4) is 0 Å². The van der Waals surface area contributed by atoms with Crippen LogP contribution >= 0.6 is 0 Å². The molecule has 1 amide bonds. The van der Waals surface area contributed by atoms with Gasteiger partial charge < -0.3 is 10.0 Å². The highest BCUT2D eigenvalue weighted by molar-refractivity contribution is 5.75. The van der Waals surface area contributed by atoms with Crippen molar-refractivity contribution in [3.8, 4) is 0 Å². The standard InChI is InChI=1S/C10H18N4O2/c1-9(15)3-5-13(2)10(16)4-6-14-8-11-7-12-14/h7-9,15H,3-6H2,1-2H3. The highest BCUT2D eigenvalue weighted by Crippen LogP contribution is 1.98. The number of amides is 1. The topological polar surface area (TPSA) is 71.2 Å². The van der Waals surface area contributed by atoms with Gasteiger partial charge in [0.1, 0.15) is 12.7 Å². The molecule has 1 N–H and O–H groups in total. The van der Waals surface area contributed by atoms with Crippen molar-refractivity contribution < 1.29 is 9.90 Å². The minimum atomic E-state index is -0.370. The normalized spacial score (nSPS) is 12.4. The highest BCUT2D eigenvalue weighted by Gasteiger charge is 2.09. The molecule has 0 saturated carbocycles. The lowest BCUT2D eigenvalue weighted by atomic mass is 10.2. The molecule has 1 unspecified atom stereocenters. The van der Waals surface area contributed by atoms with Crippen LogP contribution in [0.5, 0.6) is 0 Å². The number of aliphatic hydroxyl groups is 1. The Labute approximate surface area is 94.9 Å². The number of aromatic nitrogens is 3. The maximum atomic E-state index is 11.6. The molecule has 0 aliphatic heterocycles. The van der Waals surface area contributed by atoms with E-state index in [1.807, 2.05) is 0 Å². The van der Waals surface area contributed by atoms with Crippen molar-refractivity contribution in [1.82, 2.24) is 19.7 Å². The number of aryl methyl sites for hydroxylation is 1. The Kier molecular flexibility index (Phi) is 4.91. The molecule has 0 bridgehead atoms. The van der Waals surface area contributed by atoms with Gasteiger partial charge in [0.05, 0.1) is 12.6 Å². The van der Waals surface area contributed by atoms with E-state index in [1.165, 1.54) is 6.33 Å². The molecule has 0 saturated heterocycles. The predicted molar refractivity (Wildman–Crippen MR) is 58.6 cm³/mol. The number of aliphatic hydroxyl groups excluding tert-OH is 1. The molecule has 1 aromatic rings. The Morgan fingerprint density at radius 3 is 2.94 bits per heavy atom. The second kappa shape index (κ2) is 6.22. The molecule has 90 valence electrons. The van der Waals surface area contributed by atoms with Crippen molar-refractivity contribution in [3.63, 3.8) is 0 Å². The van der Waals surface area contributed by atoms with E-state index in [0.717, 1.165) is 0 Å². The Bertz CT molecular complexity index is 311. The first kappa shape index (κ1) is 12.6. The van der Waals surface area contributed by atoms with Crippen LogP contribution in [-0.4, -0.2) is 50.4 Å². The molecule has 0 fully saturated rings. The first-order valence-electron chi connectivity index (χ1n) is 5.34. The van der Waals surface area contributed by atoms with Gasteiger partial charge in [-0.15, -0.1) is 0 Å². The molecule has 1 rings (SSSR count). The average molecular weight is 226 g/mol. The number of hydrogen-bond donors (Lipinski definition) is 1. The number of carbonyl (C=O) groups excluding carboxylic acids is 1. The average Bonchev–Trinajstić information content (AvgIpc) is 2.75. The molecule has 0 spiro atoms. The molecule has 0 radical (unpaired) electrons. The molecular formula is C10H18N4O2. The molecule has 0 aliphatic rings. The number of rotatable bonds is 6. The summed E-state index contributed by atoms with van der Waals surface area (Å²) in [6.07, 6.45) is 3.67. The minimum Gasteiger partial charge on any atom is -0.393 e. The van der Waals surface area contributed by atoms with Crippen LogP contribution in [-0.2, 0) is 11.3 Å². The third-order valence-corrected chi connectivity index (χ3v) is 2.33. The molecular weight excluding hydrogens is 208 g/mol. The summed E-state index contributed by atoms with van der Waals surface area (Å²) in [6, 6.07) is 0. The Morgan fingerprint density at radius 1 is 1.62 bits per heavy atom. The van der Waals surface area contributed by atoms with E-state index in [9.17, 15) is 4.79 Å². The van der Waals surface area contributed by atoms with Crippen molar-refractivity contribution in [3.05, 3.63) is 12.7 Å². The zero-order valence-electron chi connectivity index (χ0n) is 9.70. The number of hydrogen-bond acceptors (Lipinski definition) is 4. The van der Waals surface area contributed by atoms with Gasteiger partial charge in [-0.3, -0.25) is 9.48 Å². The fourth-order valence-corrected chi connectivity index (χ4v) is 1.25. The zero-order chi connectivity index (χ0) is 12.0. The maximum absolute atomic E-state index is 11.6. The van der Waals surface area contributed by atoms with Gasteiger partial charge in [-0.25, -0.2) is 4.98 Å². The summed E-state index contributed by atoms with van der Waals surface area (Å²) < 4.78 is 1.63. The fourth-order valence-electron chi connectivity index (χ4n) is 1.25. The lowest BCUT2D eigenvalue weighted by molar-refractivity contribution is -0.130. The van der Waals surface area contributed by atoms with Crippen LogP contribution in [0.25, 0.3) is 0 Å². The van der Waals surface area contributed by atoms with E-state index in [-0.39, 0.29) is 12.0 Å². The summed E-state index contributed by atoms with van der Waals surface area (Å²) in [4.78, 5) is 17.1. The van der Waals surface area contributed by atoms with E-state index in [2.05, 4.69) is 10.1 Å². The van der Waals surface area contributed by atoms with Crippen LogP contribution in [0.1, 0.15) is 19.8 Å². The van der Waals surface area contributed by atoms with Crippen molar-refractivity contribution >= 4 is 5.91 Å². The first-order chi connectivity index (χ1) is 7.59. The van der Waals surface area contributed by atoms with Gasteiger partial charge in [0.15, 0.2) is 0 Å². The van der Waals surface area contributed by atoms with E-state index in [0.29, 0.717) is 25.9 Å². The smallest absolute Gasteiger partial charge is 0.224 e. The summed E-state index contributed by atoms with van der Waals surface area (Å²) in [6.45, 7) is 2.83. The second-order valence-electron chi connectivity index (χ2n) is 3.86. The second-order valence-corrected chi connectivity index (χ2v) is 3.86. The lowest BCUT2D eigenvalue weighted by Gasteiger charge is -2.17. The first-order valence-corrected chi connectivity index (χ1v) is 5.34. The minimum absolute atomic E-state index is 0.0520. The van der Waals surface area contributed by atoms with Crippen molar-refractivity contribution in [2.75, 3.05) is 13.6 Å². The maximum Gasteiger partial charge on any atom is 0.224 e. The number of carbonyl (C=O) groups is 1. The molecule has 6 heteroatoms. The SMILES string of the molecule is CC(O)CCN(C)C(=O)CCn1cncn1. The molecule has 1 atom stereocenters. The summed E-state index contributed by atoms with van der Waals surface area (Å²) in [5.41, 5.74) is 0. The van der Waals surface area contributed by atoms with Gasteiger partial charge >= 0.3 is 0 Å². The molecule has 1 aromatic heterocycles. The van der Waals surface area contributed by atoms with Gasteiger partial charge in [0.2, 0.25) is 5.91 Å². The van der Waals surface area contributed by atoms with E-state index >= 15 is 0 Å². The van der Waals surface area contributed by atoms with E-state index < -0.39 is 0 Å². The zero-order valence-corrected chi connectivity index (χ0v) is 9.70. The quantitative estimate of drug-likeness (QED) is 0.735. The van der Waals surface area contributed by atoms with Crippen LogP contribution in [0, 0.1) is 0 Å². The van der Waals surface area contributed by atoms with E-state index in [4.69, 9.17) is 5.11 Å². The molecule has 0 aromatic carbocycles. The van der Waals surface area contributed by atoms with Crippen LogP contribution < -0.4 is 0 Å². The molecule has 0 aliphatic carbocycles. The summed E-state index contributed by atoms with van der Waals surface area (Å²) in [7, 11) is 1.74. The highest BCUT2D eigenvalue weighted by atomic mass is 16.3. The molecule has 1 heterocycles. The third-order valence-electron chi connectivity index (χ3n) is 2.33. The van der Waals surface area contributed by atoms with Crippen molar-refractivity contribution in [2.45, 2.75) is 32.4 Å². The Hall–Kier alpha value is -1.43. The van der Waals surface area contributed by atoms with Gasteiger partial charge in [0, 0.05) is 20.0 Å². The van der Waals surface area contributed by atoms with Gasteiger partial charge in [-0.05, 0) is 13.3 Å². The fraction of sp³-hybridized carbons (Fsp3) is 0.700. The lowest BCUT2D eigenvalue weighted by Crippen LogP contribution is -2.30. The summed E-state index contributed by atoms with van der Waals surface area (Å²) in [5, 5.41) is 13.0. The summed E-state index contributed by atoms with van der Waals surface area (Å²) >= 11 is 0. The van der Waals surface area contributed by atoms with Crippen molar-refractivity contribution in [1.29, 1.82) is 0 Å². The van der Waals surface area contributed by atoms with Crippen LogP contribution in [0.15, 0.2) is 12.7 Å². The summed E-state index contributed by atoms with van der Waals surface area (Å²) in [5.74, 6) is 0.0520. The van der Waals surface area contributed by atoms with Gasteiger partial charge in [0.25, 0.3) is 0 Å². The molecule has 16 heavy (non-hydrogen) atoms. The molecule has 6 nitrogen and oxygen atoms in total. The van der Waals surface area contributed by atoms with Crippen molar-refractivity contribution in [2.24, 2.45) is 0 Å². The Balaban J connectivity index is 2.23. The monoisotopic (exact) mass is 226 g/mol. The van der Waals surface area contributed by atoms with Gasteiger partial charge in [-0.1, -0.05) is 0 Å². The number of nitrogens with zero attached hydrogens (tertiary/aromatic N) is 4. The predicted octanol–water partition coefficient (Wildman–Crippen LogP) is -0.103.